The average Bonchev–Trinajstić information content (AvgIpc) is 3.89. The number of piperazine rings is 1. The first kappa shape index (κ1) is 29.5. The zero-order valence-electron chi connectivity index (χ0n) is 29.9. The predicted octanol–water partition coefficient (Wildman–Crippen LogP) is 5.58. The molecule has 0 amide bonds. The van der Waals surface area contributed by atoms with Gasteiger partial charge in [0.15, 0.2) is 0 Å². The fraction of sp³-hybridized carbons (Fsp3) is 0.371. The SMILES string of the molecule is [2H]C([2H])([2H])C(CC)n1ncn(-c2ccc(N3CCN(c4ccc(OCC5COC(Cn6cncn6)(c6ccc(Cl)cc6Cl)O5)cc4)CC3)cc2)c1=O. The van der Waals surface area contributed by atoms with Crippen LogP contribution in [0.15, 0.2) is 90.5 Å². The van der Waals surface area contributed by atoms with E-state index in [1.165, 1.54) is 17.2 Å². The lowest BCUT2D eigenvalue weighted by molar-refractivity contribution is -0.190. The van der Waals surface area contributed by atoms with Crippen molar-refractivity contribution in [2.45, 2.75) is 44.7 Å². The summed E-state index contributed by atoms with van der Waals surface area (Å²) in [6.07, 6.45) is 4.35. The molecule has 0 N–H and O–H groups in total. The number of ether oxygens (including phenoxy) is 3. The van der Waals surface area contributed by atoms with E-state index < -0.39 is 24.4 Å². The van der Waals surface area contributed by atoms with Crippen LogP contribution in [0.4, 0.5) is 11.4 Å². The molecule has 0 bridgehead atoms. The number of hydrogen-bond donors (Lipinski definition) is 0. The molecule has 0 saturated carbocycles. The zero-order chi connectivity index (χ0) is 36.5. The van der Waals surface area contributed by atoms with Crippen molar-refractivity contribution in [3.63, 3.8) is 0 Å². The number of hydrogen-bond acceptors (Lipinski definition) is 9. The fourth-order valence-corrected chi connectivity index (χ4v) is 6.70. The quantitative estimate of drug-likeness (QED) is 0.174. The first-order valence-corrected chi connectivity index (χ1v) is 16.9. The summed E-state index contributed by atoms with van der Waals surface area (Å²) < 4.78 is 46.2. The standard InChI is InChI=1S/C35H38Cl2N8O4/c1-3-25(2)45-34(46)44(24-40-45)29-7-5-27(6-8-29)41-14-16-42(17-15-41)28-9-11-30(12-10-28)47-19-31-20-48-35(49-31,21-43-23-38-22-39-43)32-13-4-26(36)18-33(32)37/h4-13,18,22-25,31H,3,14-17,19-21H2,1-2H3/i2D3. The third kappa shape index (κ3) is 7.04. The van der Waals surface area contributed by atoms with Crippen LogP contribution in [0.3, 0.4) is 0 Å². The Balaban J connectivity index is 0.925. The molecule has 256 valence electrons. The summed E-state index contributed by atoms with van der Waals surface area (Å²) in [5.74, 6) is -0.458. The molecular weight excluding hydrogens is 667 g/mol. The van der Waals surface area contributed by atoms with E-state index in [0.717, 1.165) is 48.0 Å². The van der Waals surface area contributed by atoms with Crippen LogP contribution in [0.2, 0.25) is 10.0 Å². The minimum atomic E-state index is -2.32. The number of rotatable bonds is 11. The van der Waals surface area contributed by atoms with Crippen LogP contribution in [0, 0.1) is 0 Å². The van der Waals surface area contributed by atoms with E-state index in [9.17, 15) is 4.79 Å². The second kappa shape index (κ2) is 14.2. The molecule has 3 atom stereocenters. The van der Waals surface area contributed by atoms with E-state index in [0.29, 0.717) is 27.9 Å². The summed E-state index contributed by atoms with van der Waals surface area (Å²) in [5.41, 5.74) is 2.96. The number of nitrogens with zero attached hydrogens (tertiary/aromatic N) is 8. The van der Waals surface area contributed by atoms with Crippen molar-refractivity contribution in [2.24, 2.45) is 0 Å². The highest BCUT2D eigenvalue weighted by Crippen LogP contribution is 2.40. The summed E-state index contributed by atoms with van der Waals surface area (Å²) in [5, 5.41) is 9.28. The van der Waals surface area contributed by atoms with Gasteiger partial charge in [-0.2, -0.15) is 10.2 Å². The maximum atomic E-state index is 13.0. The lowest BCUT2D eigenvalue weighted by atomic mass is 10.1. The van der Waals surface area contributed by atoms with Crippen molar-refractivity contribution in [3.05, 3.63) is 112 Å². The third-order valence-electron chi connectivity index (χ3n) is 8.82. The van der Waals surface area contributed by atoms with Crippen molar-refractivity contribution in [2.75, 3.05) is 49.2 Å². The van der Waals surface area contributed by atoms with E-state index in [-0.39, 0.29) is 25.7 Å². The van der Waals surface area contributed by atoms with E-state index >= 15 is 0 Å². The second-order valence-electron chi connectivity index (χ2n) is 12.0. The summed E-state index contributed by atoms with van der Waals surface area (Å²) in [7, 11) is 0. The van der Waals surface area contributed by atoms with Gasteiger partial charge in [0, 0.05) is 52.3 Å². The topological polar surface area (TPSA) is 105 Å². The van der Waals surface area contributed by atoms with Gasteiger partial charge in [-0.25, -0.2) is 23.7 Å². The van der Waals surface area contributed by atoms with Gasteiger partial charge in [-0.3, -0.25) is 0 Å². The van der Waals surface area contributed by atoms with Gasteiger partial charge in [-0.1, -0.05) is 36.2 Å². The van der Waals surface area contributed by atoms with Gasteiger partial charge in [0.05, 0.1) is 23.4 Å². The Kier molecular flexibility index (Phi) is 8.59. The molecule has 7 rings (SSSR count). The first-order valence-electron chi connectivity index (χ1n) is 17.6. The molecule has 2 saturated heterocycles. The fourth-order valence-electron chi connectivity index (χ4n) is 6.15. The molecule has 3 unspecified atom stereocenters. The second-order valence-corrected chi connectivity index (χ2v) is 12.8. The van der Waals surface area contributed by atoms with Gasteiger partial charge < -0.3 is 24.0 Å². The predicted molar refractivity (Wildman–Crippen MR) is 188 cm³/mol. The van der Waals surface area contributed by atoms with Gasteiger partial charge in [0.2, 0.25) is 5.79 Å². The van der Waals surface area contributed by atoms with Gasteiger partial charge in [0.1, 0.15) is 44.0 Å². The Hall–Kier alpha value is -4.36. The molecule has 2 fully saturated rings. The maximum absolute atomic E-state index is 13.0. The summed E-state index contributed by atoms with van der Waals surface area (Å²) in [6, 6.07) is 19.9. The highest BCUT2D eigenvalue weighted by atomic mass is 35.5. The van der Waals surface area contributed by atoms with E-state index in [4.69, 9.17) is 41.5 Å². The molecule has 0 spiro atoms. The molecule has 2 aliphatic rings. The highest BCUT2D eigenvalue weighted by molar-refractivity contribution is 6.35. The zero-order valence-corrected chi connectivity index (χ0v) is 28.4. The normalized spacial score (nSPS) is 21.3. The van der Waals surface area contributed by atoms with E-state index in [1.807, 2.05) is 36.4 Å². The lowest BCUT2D eigenvalue weighted by Crippen LogP contribution is -2.46. The molecule has 3 aromatic carbocycles. The van der Waals surface area contributed by atoms with Crippen LogP contribution in [0.1, 0.15) is 35.9 Å². The van der Waals surface area contributed by atoms with Gasteiger partial charge in [-0.05, 0) is 73.9 Å². The van der Waals surface area contributed by atoms with Crippen molar-refractivity contribution in [1.29, 1.82) is 0 Å². The largest absolute Gasteiger partial charge is 0.491 e. The van der Waals surface area contributed by atoms with Crippen LogP contribution in [-0.2, 0) is 21.8 Å². The molecule has 0 radical (unpaired) electrons. The molecule has 5 aromatic rings. The molecule has 2 aliphatic heterocycles. The molecule has 4 heterocycles. The van der Waals surface area contributed by atoms with Gasteiger partial charge >= 0.3 is 5.69 Å². The summed E-state index contributed by atoms with van der Waals surface area (Å²) >= 11 is 12.7. The van der Waals surface area contributed by atoms with Crippen LogP contribution in [-0.4, -0.2) is 74.6 Å². The monoisotopic (exact) mass is 707 g/mol. The Morgan fingerprint density at radius 2 is 1.65 bits per heavy atom. The van der Waals surface area contributed by atoms with Crippen molar-refractivity contribution >= 4 is 34.6 Å². The Labute approximate surface area is 298 Å². The van der Waals surface area contributed by atoms with Crippen LogP contribution in [0.5, 0.6) is 5.75 Å². The maximum Gasteiger partial charge on any atom is 0.350 e. The number of anilines is 2. The molecule has 2 aromatic heterocycles. The molecular formula is C35H38Cl2N8O4. The lowest BCUT2D eigenvalue weighted by Gasteiger charge is -2.37. The highest BCUT2D eigenvalue weighted by Gasteiger charge is 2.45. The van der Waals surface area contributed by atoms with Crippen molar-refractivity contribution < 1.29 is 18.3 Å². The number of benzene rings is 3. The first-order chi connectivity index (χ1) is 25.0. The van der Waals surface area contributed by atoms with Gasteiger partial charge in [0.25, 0.3) is 0 Å². The Morgan fingerprint density at radius 1 is 0.959 bits per heavy atom. The number of aromatic nitrogens is 6. The van der Waals surface area contributed by atoms with Crippen LogP contribution >= 0.6 is 23.2 Å². The minimum absolute atomic E-state index is 0.251. The van der Waals surface area contributed by atoms with Crippen molar-refractivity contribution in [3.8, 4) is 11.4 Å². The average molecular weight is 709 g/mol. The third-order valence-corrected chi connectivity index (χ3v) is 9.37. The molecule has 49 heavy (non-hydrogen) atoms. The Bertz CT molecular complexity index is 2020. The summed E-state index contributed by atoms with van der Waals surface area (Å²) in [4.78, 5) is 21.7. The molecule has 12 nitrogen and oxygen atoms in total. The Morgan fingerprint density at radius 3 is 2.29 bits per heavy atom. The van der Waals surface area contributed by atoms with Gasteiger partial charge in [-0.15, -0.1) is 0 Å². The molecule has 0 aliphatic carbocycles. The smallest absolute Gasteiger partial charge is 0.350 e. The van der Waals surface area contributed by atoms with Crippen molar-refractivity contribution in [1.82, 2.24) is 29.1 Å². The van der Waals surface area contributed by atoms with E-state index in [1.54, 1.807) is 36.1 Å². The van der Waals surface area contributed by atoms with Crippen LogP contribution < -0.4 is 20.2 Å². The van der Waals surface area contributed by atoms with Crippen LogP contribution in [0.25, 0.3) is 5.69 Å². The molecule has 14 heteroatoms. The number of halogens is 2. The minimum Gasteiger partial charge on any atom is -0.491 e. The van der Waals surface area contributed by atoms with E-state index in [2.05, 4.69) is 37.1 Å². The summed E-state index contributed by atoms with van der Waals surface area (Å²) in [6.45, 7) is 3.54.